The molecule has 2 saturated heterocycles. The van der Waals surface area contributed by atoms with Crippen LogP contribution in [0.25, 0.3) is 39.2 Å². The molecule has 0 unspecified atom stereocenters. The molecule has 5 heterocycles. The van der Waals surface area contributed by atoms with Crippen molar-refractivity contribution in [3.05, 3.63) is 105 Å². The number of halogens is 2. The highest BCUT2D eigenvalue weighted by Crippen LogP contribution is 2.42. The normalized spacial score (nSPS) is 17.1. The van der Waals surface area contributed by atoms with E-state index in [0.717, 1.165) is 52.6 Å². The van der Waals surface area contributed by atoms with Gasteiger partial charge in [-0.2, -0.15) is 0 Å². The molecule has 13 heteroatoms. The second-order valence-corrected chi connectivity index (χ2v) is 13.9. The summed E-state index contributed by atoms with van der Waals surface area (Å²) in [7, 11) is 1.59. The number of pyridine rings is 2. The van der Waals surface area contributed by atoms with Crippen LogP contribution in [0.2, 0.25) is 10.0 Å². The van der Waals surface area contributed by atoms with E-state index < -0.39 is 0 Å². The number of benzene rings is 2. The molecule has 11 nitrogen and oxygen atoms in total. The summed E-state index contributed by atoms with van der Waals surface area (Å²) in [5.74, 6) is 0.683. The maximum atomic E-state index is 13.3. The van der Waals surface area contributed by atoms with Crippen molar-refractivity contribution in [2.75, 3.05) is 20.2 Å². The SMILES string of the molecule is COc1nc(-c2cccc(-c3cccc(-c4ccn5c(=O)c(CNCC[C@@H]6CCC(=O)N6)cnc5c4)c3Cl)c2Cl)ccc1CNC[C@@H]1CCC(=O)N1. The van der Waals surface area contributed by atoms with Crippen LogP contribution in [0.3, 0.4) is 0 Å². The lowest BCUT2D eigenvalue weighted by molar-refractivity contribution is -0.120. The van der Waals surface area contributed by atoms with Crippen molar-refractivity contribution in [2.45, 2.75) is 57.3 Å². The Morgan fingerprint density at radius 2 is 1.50 bits per heavy atom. The zero-order chi connectivity index (χ0) is 36.2. The smallest absolute Gasteiger partial charge is 0.262 e. The Kier molecular flexibility index (Phi) is 10.8. The highest BCUT2D eigenvalue weighted by atomic mass is 35.5. The molecule has 0 spiro atoms. The van der Waals surface area contributed by atoms with E-state index in [0.29, 0.717) is 71.9 Å². The van der Waals surface area contributed by atoms with Gasteiger partial charge >= 0.3 is 0 Å². The Bertz CT molecular complexity index is 2210. The average molecular weight is 741 g/mol. The van der Waals surface area contributed by atoms with Gasteiger partial charge in [-0.05, 0) is 49.6 Å². The van der Waals surface area contributed by atoms with Crippen LogP contribution in [0.4, 0.5) is 0 Å². The molecule has 5 aromatic rings. The summed E-state index contributed by atoms with van der Waals surface area (Å²) in [5.41, 5.74) is 6.29. The van der Waals surface area contributed by atoms with Crippen LogP contribution < -0.4 is 31.6 Å². The average Bonchev–Trinajstić information content (AvgIpc) is 3.78. The van der Waals surface area contributed by atoms with Gasteiger partial charge in [0.2, 0.25) is 17.7 Å². The van der Waals surface area contributed by atoms with Crippen LogP contribution in [0.1, 0.15) is 43.2 Å². The van der Waals surface area contributed by atoms with Gasteiger partial charge in [0.1, 0.15) is 5.65 Å². The minimum absolute atomic E-state index is 0.0926. The Labute approximate surface area is 311 Å². The number of hydrogen-bond acceptors (Lipinski definition) is 8. The van der Waals surface area contributed by atoms with E-state index in [9.17, 15) is 14.4 Å². The van der Waals surface area contributed by atoms with Crippen molar-refractivity contribution in [2.24, 2.45) is 0 Å². The van der Waals surface area contributed by atoms with Crippen LogP contribution in [0.5, 0.6) is 5.88 Å². The molecule has 2 amide bonds. The highest BCUT2D eigenvalue weighted by molar-refractivity contribution is 6.39. The number of nitrogens with one attached hydrogen (secondary N) is 4. The van der Waals surface area contributed by atoms with E-state index in [2.05, 4.69) is 26.3 Å². The largest absolute Gasteiger partial charge is 0.481 e. The number of rotatable bonds is 13. The van der Waals surface area contributed by atoms with Crippen molar-refractivity contribution in [1.82, 2.24) is 35.6 Å². The monoisotopic (exact) mass is 739 g/mol. The first-order chi connectivity index (χ1) is 25.3. The third kappa shape index (κ3) is 7.68. The van der Waals surface area contributed by atoms with Crippen molar-refractivity contribution < 1.29 is 14.3 Å². The van der Waals surface area contributed by atoms with E-state index in [4.69, 9.17) is 32.9 Å². The van der Waals surface area contributed by atoms with Crippen LogP contribution >= 0.6 is 23.2 Å². The third-order valence-corrected chi connectivity index (χ3v) is 10.5. The fourth-order valence-corrected chi connectivity index (χ4v) is 7.50. The summed E-state index contributed by atoms with van der Waals surface area (Å²) in [6.45, 7) is 2.28. The molecule has 0 bridgehead atoms. The Morgan fingerprint density at radius 1 is 0.827 bits per heavy atom. The molecule has 7 rings (SSSR count). The van der Waals surface area contributed by atoms with Crippen LogP contribution in [0, 0.1) is 0 Å². The lowest BCUT2D eigenvalue weighted by Crippen LogP contribution is -2.35. The van der Waals surface area contributed by atoms with Gasteiger partial charge in [0.15, 0.2) is 0 Å². The molecule has 2 atom stereocenters. The summed E-state index contributed by atoms with van der Waals surface area (Å²) >= 11 is 14.2. The number of nitrogens with zero attached hydrogens (tertiary/aromatic N) is 3. The number of carbonyl (C=O) groups excluding carboxylic acids is 2. The molecule has 2 aliphatic rings. The minimum atomic E-state index is -0.143. The van der Waals surface area contributed by atoms with Crippen LogP contribution in [0.15, 0.2) is 77.9 Å². The first-order valence-electron chi connectivity index (χ1n) is 17.4. The molecule has 52 heavy (non-hydrogen) atoms. The van der Waals surface area contributed by atoms with Gasteiger partial charge in [-0.1, -0.05) is 65.7 Å². The molecular formula is C39H39Cl2N7O4. The number of amides is 2. The standard InChI is InChI=1S/C39H39Cl2N7O4/c1-52-38-24(19-43-22-27-10-13-35(50)46-27)8-11-32(47-38)31-7-3-6-30(37(31)41)29-5-2-4-28(36(29)40)23-15-17-48-33(18-23)44-21-25(39(48)51)20-42-16-14-26-9-12-34(49)45-26/h2-8,11,15,17-18,21,26-27,42-43H,9-10,12-14,16,19-20,22H2,1H3,(H,45,49)(H,46,50)/t26-,27-/m0/s1. The number of aromatic nitrogens is 3. The maximum Gasteiger partial charge on any atom is 0.262 e. The third-order valence-electron chi connectivity index (χ3n) is 9.65. The molecule has 2 aliphatic heterocycles. The molecule has 2 aromatic carbocycles. The fraction of sp³-hybridized carbons (Fsp3) is 0.308. The molecule has 2 fully saturated rings. The second kappa shape index (κ2) is 15.8. The highest BCUT2D eigenvalue weighted by Gasteiger charge is 2.22. The first kappa shape index (κ1) is 35.6. The number of methoxy groups -OCH3 is 1. The molecule has 0 aliphatic carbocycles. The fourth-order valence-electron chi connectivity index (χ4n) is 6.84. The lowest BCUT2D eigenvalue weighted by Gasteiger charge is -2.16. The molecule has 3 aromatic heterocycles. The minimum Gasteiger partial charge on any atom is -0.481 e. The van der Waals surface area contributed by atoms with E-state index >= 15 is 0 Å². The first-order valence-corrected chi connectivity index (χ1v) is 18.2. The Morgan fingerprint density at radius 3 is 2.21 bits per heavy atom. The zero-order valence-electron chi connectivity index (χ0n) is 28.7. The van der Waals surface area contributed by atoms with Crippen molar-refractivity contribution in [3.63, 3.8) is 0 Å². The van der Waals surface area contributed by atoms with Gasteiger partial charge in [-0.25, -0.2) is 9.97 Å². The molecule has 268 valence electrons. The zero-order valence-corrected chi connectivity index (χ0v) is 30.2. The van der Waals surface area contributed by atoms with Crippen molar-refractivity contribution in [3.8, 4) is 39.4 Å². The predicted octanol–water partition coefficient (Wildman–Crippen LogP) is 5.53. The van der Waals surface area contributed by atoms with Crippen molar-refractivity contribution >= 4 is 40.7 Å². The van der Waals surface area contributed by atoms with E-state index in [1.807, 2.05) is 60.7 Å². The van der Waals surface area contributed by atoms with E-state index in [1.54, 1.807) is 19.5 Å². The Hall–Kier alpha value is -4.81. The summed E-state index contributed by atoms with van der Waals surface area (Å²) < 4.78 is 7.18. The topological polar surface area (TPSA) is 139 Å². The van der Waals surface area contributed by atoms with Gasteiger partial charge < -0.3 is 26.0 Å². The van der Waals surface area contributed by atoms with E-state index in [1.165, 1.54) is 4.40 Å². The number of fused-ring (bicyclic) bond motifs is 1. The quantitative estimate of drug-likeness (QED) is 0.116. The lowest BCUT2D eigenvalue weighted by atomic mass is 9.97. The molecular weight excluding hydrogens is 701 g/mol. The number of carbonyl (C=O) groups is 2. The van der Waals surface area contributed by atoms with Crippen molar-refractivity contribution in [1.29, 1.82) is 0 Å². The van der Waals surface area contributed by atoms with Gasteiger partial charge in [-0.3, -0.25) is 18.8 Å². The second-order valence-electron chi connectivity index (χ2n) is 13.1. The summed E-state index contributed by atoms with van der Waals surface area (Å²) in [5, 5.41) is 13.6. The van der Waals surface area contributed by atoms with Gasteiger partial charge in [0.25, 0.3) is 5.56 Å². The Balaban J connectivity index is 1.08. The number of hydrogen-bond donors (Lipinski definition) is 4. The van der Waals surface area contributed by atoms with Gasteiger partial charge in [0.05, 0.1) is 22.8 Å². The van der Waals surface area contributed by atoms with Gasteiger partial charge in [-0.15, -0.1) is 0 Å². The maximum absolute atomic E-state index is 13.3. The molecule has 0 radical (unpaired) electrons. The molecule has 0 saturated carbocycles. The summed E-state index contributed by atoms with van der Waals surface area (Å²) in [4.78, 5) is 45.6. The predicted molar refractivity (Wildman–Crippen MR) is 202 cm³/mol. The molecule has 4 N–H and O–H groups in total. The summed E-state index contributed by atoms with van der Waals surface area (Å²) in [6, 6.07) is 19.5. The van der Waals surface area contributed by atoms with Crippen LogP contribution in [-0.4, -0.2) is 58.5 Å². The number of ether oxygens (including phenoxy) is 1. The van der Waals surface area contributed by atoms with Crippen LogP contribution in [-0.2, 0) is 22.7 Å². The van der Waals surface area contributed by atoms with E-state index in [-0.39, 0.29) is 29.5 Å². The van der Waals surface area contributed by atoms with Gasteiger partial charge in [0, 0.05) is 90.3 Å². The summed E-state index contributed by atoms with van der Waals surface area (Å²) in [6.07, 6.45) is 6.96.